The number of thiazole rings is 1. The highest BCUT2D eigenvalue weighted by Gasteiger charge is 2.55. The Labute approximate surface area is 354 Å². The third-order valence-corrected chi connectivity index (χ3v) is 12.1. The fourth-order valence-corrected chi connectivity index (χ4v) is 9.23. The van der Waals surface area contributed by atoms with Gasteiger partial charge in [0.1, 0.15) is 17.1 Å². The van der Waals surface area contributed by atoms with Gasteiger partial charge in [-0.2, -0.15) is 0 Å². The number of nitrogens with two attached hydrogens (primary N) is 1. The first-order valence-corrected chi connectivity index (χ1v) is 20.9. The molecule has 21 heteroatoms. The van der Waals surface area contributed by atoms with E-state index >= 15 is 0 Å². The lowest BCUT2D eigenvalue weighted by molar-refractivity contribution is -0.154. The number of anilines is 1. The summed E-state index contributed by atoms with van der Waals surface area (Å²) in [5.41, 5.74) is 8.03. The van der Waals surface area contributed by atoms with Crippen molar-refractivity contribution in [2.45, 2.75) is 42.6 Å². The molecule has 1 unspecified atom stereocenters. The van der Waals surface area contributed by atoms with Crippen LogP contribution in [-0.2, 0) is 35.8 Å². The van der Waals surface area contributed by atoms with E-state index in [4.69, 9.17) is 19.9 Å². The van der Waals surface area contributed by atoms with Crippen LogP contribution in [0.15, 0.2) is 101 Å². The lowest BCUT2D eigenvalue weighted by Crippen LogP contribution is -2.71. The van der Waals surface area contributed by atoms with Crippen molar-refractivity contribution >= 4 is 75.6 Å². The van der Waals surface area contributed by atoms with E-state index in [0.717, 1.165) is 36.3 Å². The maximum absolute atomic E-state index is 14.4. The molecular weight excluding hydrogens is 835 g/mol. The van der Waals surface area contributed by atoms with E-state index in [1.54, 1.807) is 7.05 Å². The third-order valence-electron chi connectivity index (χ3n) is 9.01. The van der Waals surface area contributed by atoms with E-state index in [9.17, 15) is 28.8 Å². The van der Waals surface area contributed by atoms with Crippen molar-refractivity contribution in [2.75, 3.05) is 17.2 Å². The molecule has 2 aliphatic heterocycles. The Kier molecular flexibility index (Phi) is 12.6. The molecule has 4 N–H and O–H groups in total. The predicted molar refractivity (Wildman–Crippen MR) is 218 cm³/mol. The van der Waals surface area contributed by atoms with Crippen molar-refractivity contribution in [1.29, 1.82) is 0 Å². The molecule has 7 rings (SSSR count). The largest absolute Gasteiger partial charge is 0.448 e. The number of benzene rings is 3. The summed E-state index contributed by atoms with van der Waals surface area (Å²) in [6.45, 7) is 2.29. The Morgan fingerprint density at radius 2 is 1.62 bits per heavy atom. The average molecular weight is 870 g/mol. The number of tetrazole rings is 1. The zero-order valence-corrected chi connectivity index (χ0v) is 34.4. The van der Waals surface area contributed by atoms with Crippen LogP contribution in [0.4, 0.5) is 5.13 Å². The smallest absolute Gasteiger partial charge is 0.356 e. The summed E-state index contributed by atoms with van der Waals surface area (Å²) < 4.78 is 18.0. The Morgan fingerprint density at radius 1 is 0.950 bits per heavy atom. The molecule has 0 aliphatic carbocycles. The molecule has 5 aromatic rings. The highest BCUT2D eigenvalue weighted by Crippen LogP contribution is 2.43. The number of thioether (sulfide) groups is 2. The van der Waals surface area contributed by atoms with Crippen molar-refractivity contribution in [3.8, 4) is 11.5 Å². The Hall–Kier alpha value is -6.58. The molecule has 308 valence electrons. The number of carbonyl (C=O) groups excluding carboxylic acids is 6. The number of aromatic nitrogens is 5. The van der Waals surface area contributed by atoms with E-state index in [1.807, 2.05) is 60.7 Å². The van der Waals surface area contributed by atoms with Crippen LogP contribution < -0.4 is 25.8 Å². The molecule has 0 radical (unpaired) electrons. The normalized spacial score (nSPS) is 16.3. The van der Waals surface area contributed by atoms with Gasteiger partial charge in [-0.05, 0) is 45.3 Å². The first-order chi connectivity index (χ1) is 28.9. The Morgan fingerprint density at radius 3 is 2.22 bits per heavy atom. The molecule has 2 aromatic heterocycles. The summed E-state index contributed by atoms with van der Waals surface area (Å²) in [7, 11) is 1.69. The van der Waals surface area contributed by atoms with Crippen molar-refractivity contribution < 1.29 is 43.0 Å². The lowest BCUT2D eigenvalue weighted by Gasteiger charge is -2.50. The van der Waals surface area contributed by atoms with Gasteiger partial charge in [0.05, 0.1) is 5.69 Å². The summed E-state index contributed by atoms with van der Waals surface area (Å²) in [5, 5.41) is 18.3. The van der Waals surface area contributed by atoms with Gasteiger partial charge in [-0.1, -0.05) is 72.4 Å². The molecule has 60 heavy (non-hydrogen) atoms. The van der Waals surface area contributed by atoms with Crippen LogP contribution in [0.1, 0.15) is 53.2 Å². The summed E-state index contributed by atoms with van der Waals surface area (Å²) in [5.74, 6) is -4.08. The molecule has 0 saturated carbocycles. The van der Waals surface area contributed by atoms with E-state index < -0.39 is 59.2 Å². The number of hydrogen-bond acceptors (Lipinski definition) is 17. The number of nitrogens with zero attached hydrogens (tertiary/aromatic N) is 6. The SMILES string of the molecule is CC(=O)Oc1ccc(C(=O)NC(C(=O)N[C@@H]2C(=O)N3C(C(=O)OC(c4ccccc4)c4ccccc4)=C(CSc4nnnn4C)CS[C@@H]23)c2csc(N)n2)cc1OC(C)=O. The van der Waals surface area contributed by atoms with Crippen LogP contribution in [0.3, 0.4) is 0 Å². The monoisotopic (exact) mass is 869 g/mol. The number of nitrogens with one attached hydrogen (secondary N) is 2. The first-order valence-electron chi connectivity index (χ1n) is 18.0. The molecule has 1 saturated heterocycles. The van der Waals surface area contributed by atoms with Crippen LogP contribution in [0.25, 0.3) is 0 Å². The second-order valence-corrected chi connectivity index (χ2v) is 16.1. The summed E-state index contributed by atoms with van der Waals surface area (Å²) in [6, 6.07) is 19.6. The number of amides is 3. The molecule has 4 heterocycles. The number of ether oxygens (including phenoxy) is 3. The highest BCUT2D eigenvalue weighted by atomic mass is 32.2. The van der Waals surface area contributed by atoms with Crippen molar-refractivity contribution in [2.24, 2.45) is 7.05 Å². The minimum Gasteiger partial charge on any atom is -0.448 e. The quantitative estimate of drug-likeness (QED) is 0.0628. The minimum absolute atomic E-state index is 0.0478. The van der Waals surface area contributed by atoms with Gasteiger partial charge in [0.2, 0.25) is 11.1 Å². The number of rotatable bonds is 14. The van der Waals surface area contributed by atoms with Crippen LogP contribution in [0, 0.1) is 0 Å². The topological polar surface area (TPSA) is 240 Å². The number of β-lactam (4-membered cyclic amide) rings is 1. The van der Waals surface area contributed by atoms with E-state index in [-0.39, 0.29) is 39.3 Å². The number of carbonyl (C=O) groups is 6. The van der Waals surface area contributed by atoms with Gasteiger partial charge >= 0.3 is 17.9 Å². The van der Waals surface area contributed by atoms with Gasteiger partial charge in [0.15, 0.2) is 28.8 Å². The van der Waals surface area contributed by atoms with Crippen LogP contribution in [-0.4, -0.2) is 88.6 Å². The van der Waals surface area contributed by atoms with Crippen LogP contribution in [0.5, 0.6) is 11.5 Å². The molecular formula is C39H35N9O9S3. The molecule has 1 fully saturated rings. The zero-order valence-electron chi connectivity index (χ0n) is 32.0. The van der Waals surface area contributed by atoms with Gasteiger partial charge in [0, 0.05) is 43.3 Å². The number of hydrogen-bond donors (Lipinski definition) is 3. The summed E-state index contributed by atoms with van der Waals surface area (Å²) in [4.78, 5) is 85.3. The van der Waals surface area contributed by atoms with E-state index in [2.05, 4.69) is 31.1 Å². The van der Waals surface area contributed by atoms with Crippen LogP contribution >= 0.6 is 34.9 Å². The predicted octanol–water partition coefficient (Wildman–Crippen LogP) is 3.35. The molecule has 18 nitrogen and oxygen atoms in total. The van der Waals surface area contributed by atoms with Gasteiger partial charge in [-0.25, -0.2) is 14.5 Å². The minimum atomic E-state index is -1.45. The van der Waals surface area contributed by atoms with Gasteiger partial charge in [-0.3, -0.25) is 28.9 Å². The molecule has 3 amide bonds. The number of esters is 3. The number of nitrogen functional groups attached to an aromatic ring is 1. The van der Waals surface area contributed by atoms with Crippen molar-refractivity contribution in [3.63, 3.8) is 0 Å². The summed E-state index contributed by atoms with van der Waals surface area (Å²) in [6.07, 6.45) is -0.804. The first kappa shape index (κ1) is 41.6. The molecule has 3 atom stereocenters. The molecule has 2 aliphatic rings. The molecule has 0 spiro atoms. The van der Waals surface area contributed by atoms with E-state index in [0.29, 0.717) is 16.5 Å². The van der Waals surface area contributed by atoms with Crippen molar-refractivity contribution in [1.82, 2.24) is 40.7 Å². The van der Waals surface area contributed by atoms with E-state index in [1.165, 1.54) is 56.7 Å². The van der Waals surface area contributed by atoms with Gasteiger partial charge < -0.3 is 30.6 Å². The second-order valence-electron chi connectivity index (χ2n) is 13.2. The Balaban J connectivity index is 1.14. The zero-order chi connectivity index (χ0) is 42.5. The maximum Gasteiger partial charge on any atom is 0.356 e. The van der Waals surface area contributed by atoms with Gasteiger partial charge in [-0.15, -0.1) is 28.2 Å². The number of aryl methyl sites for hydroxylation is 1. The molecule has 3 aromatic carbocycles. The highest BCUT2D eigenvalue weighted by molar-refractivity contribution is 8.01. The Bertz CT molecular complexity index is 2460. The van der Waals surface area contributed by atoms with Crippen molar-refractivity contribution in [3.05, 3.63) is 118 Å². The fraction of sp³-hybridized carbons (Fsp3) is 0.231. The molecule has 0 bridgehead atoms. The third kappa shape index (κ3) is 9.17. The average Bonchev–Trinajstić information content (AvgIpc) is 3.87. The number of fused-ring (bicyclic) bond motifs is 1. The standard InChI is InChI=1S/C39H35N9O9S3/c1-20(49)55-27-15-14-24(16-28(27)56-21(2)50)33(51)42-29(26-19-59-38(40)41-26)34(52)43-30-35(53)48-31(25(17-58-36(30)48)18-60-39-44-45-46-47(39)3)37(54)57-32(22-10-6-4-7-11-22)23-12-8-5-9-13-23/h4-16,19,29-30,32,36H,17-18H2,1-3H3,(H2,40,41)(H,42,51)(H,43,52)/t29?,30-,36+/m1/s1. The second kappa shape index (κ2) is 18.1. The lowest BCUT2D eigenvalue weighted by atomic mass is 10.0. The summed E-state index contributed by atoms with van der Waals surface area (Å²) >= 11 is 3.66. The van der Waals surface area contributed by atoms with Gasteiger partial charge in [0.25, 0.3) is 11.8 Å². The van der Waals surface area contributed by atoms with Crippen LogP contribution in [0.2, 0.25) is 0 Å². The maximum atomic E-state index is 14.4. The fourth-order valence-electron chi connectivity index (χ4n) is 6.31.